The maximum absolute atomic E-state index is 14.5. The molecule has 0 radical (unpaired) electrons. The summed E-state index contributed by atoms with van der Waals surface area (Å²) in [6.45, 7) is 0. The Bertz CT molecular complexity index is 1470. The van der Waals surface area contributed by atoms with Crippen LogP contribution in [-0.2, 0) is 5.60 Å². The van der Waals surface area contributed by atoms with E-state index in [4.69, 9.17) is 0 Å². The average molecular weight is 425 g/mol. The van der Waals surface area contributed by atoms with Crippen molar-refractivity contribution in [3.05, 3.63) is 114 Å². The summed E-state index contributed by atoms with van der Waals surface area (Å²) in [4.78, 5) is 0. The highest BCUT2D eigenvalue weighted by molar-refractivity contribution is 5.88. The molecule has 1 unspecified atom stereocenters. The van der Waals surface area contributed by atoms with Crippen molar-refractivity contribution in [3.8, 4) is 5.69 Å². The number of benzene rings is 4. The lowest BCUT2D eigenvalue weighted by Crippen LogP contribution is -2.30. The summed E-state index contributed by atoms with van der Waals surface area (Å²) in [6.07, 6.45) is 3.80. The lowest BCUT2D eigenvalue weighted by atomic mass is 9.79. The monoisotopic (exact) mass is 425 g/mol. The molecule has 0 spiro atoms. The summed E-state index contributed by atoms with van der Waals surface area (Å²) in [6, 6.07) is 24.9. The van der Waals surface area contributed by atoms with Gasteiger partial charge in [0.15, 0.2) is 0 Å². The molecule has 1 aliphatic rings. The maximum atomic E-state index is 14.5. The normalized spacial score (nSPS) is 15.8. The number of hydrogen-bond acceptors (Lipinski definition) is 1. The van der Waals surface area contributed by atoms with Gasteiger partial charge in [-0.05, 0) is 83.8 Å². The lowest BCUT2D eigenvalue weighted by molar-refractivity contribution is 0.0580. The van der Waals surface area contributed by atoms with E-state index >= 15 is 0 Å². The van der Waals surface area contributed by atoms with E-state index in [0.29, 0.717) is 5.39 Å². The molecule has 0 saturated heterocycles. The maximum Gasteiger partial charge on any atom is 0.131 e. The minimum atomic E-state index is -1.19. The van der Waals surface area contributed by atoms with Crippen molar-refractivity contribution in [2.24, 2.45) is 5.92 Å². The second-order valence-electron chi connectivity index (χ2n) is 8.62. The summed E-state index contributed by atoms with van der Waals surface area (Å²) in [5, 5.41) is 14.4. The Morgan fingerprint density at radius 1 is 0.812 bits per heavy atom. The number of aliphatic hydroxyl groups is 1. The molecule has 0 aliphatic heterocycles. The molecule has 6 rings (SSSR count). The fourth-order valence-electron chi connectivity index (χ4n) is 4.91. The number of halogens is 2. The van der Waals surface area contributed by atoms with Gasteiger partial charge in [0.25, 0.3) is 0 Å². The number of rotatable bonds is 4. The minimum Gasteiger partial charge on any atom is -0.380 e. The van der Waals surface area contributed by atoms with Gasteiger partial charge in [-0.1, -0.05) is 36.4 Å². The first-order valence-electron chi connectivity index (χ1n) is 10.8. The minimum absolute atomic E-state index is 0.0907. The number of hydrogen-bond donors (Lipinski definition) is 1. The first kappa shape index (κ1) is 19.2. The standard InChI is InChI=1S/C28H21F2NO/c29-21-8-10-22(11-9-21)31-16-15-18-17-20(7-14-27(18)31)28(32,19-5-6-19)25-12-13-26(30)24-4-2-1-3-23(24)25/h1-4,7-17,19,32H,5-6H2. The highest BCUT2D eigenvalue weighted by Gasteiger charge is 2.47. The van der Waals surface area contributed by atoms with Gasteiger partial charge in [-0.3, -0.25) is 0 Å². The predicted molar refractivity (Wildman–Crippen MR) is 123 cm³/mol. The van der Waals surface area contributed by atoms with E-state index in [1.807, 2.05) is 53.2 Å². The van der Waals surface area contributed by atoms with E-state index in [0.717, 1.165) is 45.9 Å². The number of aromatic nitrogens is 1. The van der Waals surface area contributed by atoms with Crippen molar-refractivity contribution < 1.29 is 13.9 Å². The molecule has 2 nitrogen and oxygen atoms in total. The topological polar surface area (TPSA) is 25.2 Å². The zero-order chi connectivity index (χ0) is 21.9. The van der Waals surface area contributed by atoms with E-state index in [2.05, 4.69) is 0 Å². The molecule has 5 aromatic rings. The fraction of sp³-hybridized carbons (Fsp3) is 0.143. The van der Waals surface area contributed by atoms with Crippen molar-refractivity contribution in [2.75, 3.05) is 0 Å². The van der Waals surface area contributed by atoms with E-state index in [-0.39, 0.29) is 17.6 Å². The van der Waals surface area contributed by atoms with Gasteiger partial charge in [0.1, 0.15) is 17.2 Å². The molecule has 0 amide bonds. The van der Waals surface area contributed by atoms with Gasteiger partial charge in [-0.15, -0.1) is 0 Å². The van der Waals surface area contributed by atoms with Crippen LogP contribution in [0.25, 0.3) is 27.4 Å². The molecule has 32 heavy (non-hydrogen) atoms. The summed E-state index contributed by atoms with van der Waals surface area (Å²) in [7, 11) is 0. The third-order valence-electron chi connectivity index (χ3n) is 6.68. The molecule has 158 valence electrons. The van der Waals surface area contributed by atoms with E-state index in [1.54, 1.807) is 24.3 Å². The molecule has 1 saturated carbocycles. The summed E-state index contributed by atoms with van der Waals surface area (Å²) < 4.78 is 29.8. The molecular weight excluding hydrogens is 404 g/mol. The van der Waals surface area contributed by atoms with E-state index in [1.165, 1.54) is 18.2 Å². The molecule has 1 aliphatic carbocycles. The molecule has 1 aromatic heterocycles. The highest BCUT2D eigenvalue weighted by atomic mass is 19.1. The highest BCUT2D eigenvalue weighted by Crippen LogP contribution is 2.51. The van der Waals surface area contributed by atoms with Crippen LogP contribution in [0.3, 0.4) is 0 Å². The fourth-order valence-corrected chi connectivity index (χ4v) is 4.91. The van der Waals surface area contributed by atoms with Gasteiger partial charge in [-0.2, -0.15) is 0 Å². The molecule has 4 aromatic carbocycles. The summed E-state index contributed by atoms with van der Waals surface area (Å²) >= 11 is 0. The van der Waals surface area contributed by atoms with Gasteiger partial charge >= 0.3 is 0 Å². The summed E-state index contributed by atoms with van der Waals surface area (Å²) in [5.41, 5.74) is 2.20. The Morgan fingerprint density at radius 3 is 2.31 bits per heavy atom. The quantitative estimate of drug-likeness (QED) is 0.340. The Balaban J connectivity index is 1.52. The zero-order valence-electron chi connectivity index (χ0n) is 17.3. The molecule has 0 bridgehead atoms. The zero-order valence-corrected chi connectivity index (χ0v) is 17.3. The van der Waals surface area contributed by atoms with Crippen LogP contribution in [0.5, 0.6) is 0 Å². The van der Waals surface area contributed by atoms with Crippen LogP contribution < -0.4 is 0 Å². The molecule has 1 fully saturated rings. The molecule has 1 atom stereocenters. The Kier molecular flexibility index (Phi) is 4.21. The third-order valence-corrected chi connectivity index (χ3v) is 6.68. The van der Waals surface area contributed by atoms with Crippen LogP contribution in [-0.4, -0.2) is 9.67 Å². The van der Waals surface area contributed by atoms with Crippen LogP contribution in [0.1, 0.15) is 24.0 Å². The van der Waals surface area contributed by atoms with Gasteiger partial charge in [0.05, 0.1) is 5.52 Å². The number of nitrogens with zero attached hydrogens (tertiary/aromatic N) is 1. The molecular formula is C28H21F2NO. The average Bonchev–Trinajstić information content (AvgIpc) is 3.59. The van der Waals surface area contributed by atoms with Crippen LogP contribution in [0.15, 0.2) is 91.1 Å². The van der Waals surface area contributed by atoms with Crippen LogP contribution in [0.2, 0.25) is 0 Å². The van der Waals surface area contributed by atoms with Crippen molar-refractivity contribution in [3.63, 3.8) is 0 Å². The van der Waals surface area contributed by atoms with Crippen molar-refractivity contribution in [1.82, 2.24) is 4.57 Å². The van der Waals surface area contributed by atoms with E-state index < -0.39 is 5.60 Å². The third kappa shape index (κ3) is 2.87. The van der Waals surface area contributed by atoms with Gasteiger partial charge in [0, 0.05) is 22.7 Å². The molecule has 1 N–H and O–H groups in total. The second-order valence-corrected chi connectivity index (χ2v) is 8.62. The Labute approximate surface area is 184 Å². The smallest absolute Gasteiger partial charge is 0.131 e. The van der Waals surface area contributed by atoms with E-state index in [9.17, 15) is 13.9 Å². The lowest BCUT2D eigenvalue weighted by Gasteiger charge is -2.31. The van der Waals surface area contributed by atoms with Gasteiger partial charge < -0.3 is 9.67 Å². The van der Waals surface area contributed by atoms with Gasteiger partial charge in [-0.25, -0.2) is 8.78 Å². The van der Waals surface area contributed by atoms with Gasteiger partial charge in [0.2, 0.25) is 0 Å². The largest absolute Gasteiger partial charge is 0.380 e. The Hall–Kier alpha value is -3.50. The first-order valence-corrected chi connectivity index (χ1v) is 10.8. The molecule has 1 heterocycles. The Morgan fingerprint density at radius 2 is 1.56 bits per heavy atom. The van der Waals surface area contributed by atoms with Crippen LogP contribution in [0.4, 0.5) is 8.78 Å². The second kappa shape index (κ2) is 7.01. The predicted octanol–water partition coefficient (Wildman–Crippen LogP) is 6.71. The van der Waals surface area contributed by atoms with Crippen LogP contribution in [0, 0.1) is 17.6 Å². The van der Waals surface area contributed by atoms with Crippen LogP contribution >= 0.6 is 0 Å². The number of fused-ring (bicyclic) bond motifs is 2. The molecule has 4 heteroatoms. The van der Waals surface area contributed by atoms with Crippen molar-refractivity contribution in [1.29, 1.82) is 0 Å². The summed E-state index contributed by atoms with van der Waals surface area (Å²) in [5.74, 6) is -0.462. The van der Waals surface area contributed by atoms with Crippen molar-refractivity contribution in [2.45, 2.75) is 18.4 Å². The first-order chi connectivity index (χ1) is 15.6. The van der Waals surface area contributed by atoms with Crippen molar-refractivity contribution >= 4 is 21.7 Å². The SMILES string of the molecule is OC(c1ccc2c(ccn2-c2ccc(F)cc2)c1)(c1ccc(F)c2ccccc12)C1CC1.